The molecule has 1 aromatic carbocycles. The first-order chi connectivity index (χ1) is 9.54. The third-order valence-electron chi connectivity index (χ3n) is 3.82. The molecule has 1 aromatic rings. The number of hydrogen-bond donors (Lipinski definition) is 1. The topological polar surface area (TPSA) is 30.5 Å². The van der Waals surface area contributed by atoms with Crippen LogP contribution >= 0.6 is 0 Å². The summed E-state index contributed by atoms with van der Waals surface area (Å²) in [5.74, 6) is 0. The lowest BCUT2D eigenvalue weighted by Gasteiger charge is -2.31. The van der Waals surface area contributed by atoms with Gasteiger partial charge < -0.3 is 14.8 Å². The van der Waals surface area contributed by atoms with E-state index in [1.54, 1.807) is 14.2 Å². The zero-order chi connectivity index (χ0) is 15.0. The second kappa shape index (κ2) is 8.40. The van der Waals surface area contributed by atoms with Crippen LogP contribution in [0.1, 0.15) is 45.3 Å². The Balaban J connectivity index is 2.77. The molecule has 0 aliphatic heterocycles. The van der Waals surface area contributed by atoms with Crippen LogP contribution in [0.25, 0.3) is 0 Å². The second-order valence-corrected chi connectivity index (χ2v) is 5.73. The molecule has 3 heteroatoms. The van der Waals surface area contributed by atoms with Gasteiger partial charge in [0.25, 0.3) is 0 Å². The van der Waals surface area contributed by atoms with Gasteiger partial charge in [-0.15, -0.1) is 0 Å². The lowest BCUT2D eigenvalue weighted by Crippen LogP contribution is -2.38. The molecule has 1 rings (SSSR count). The summed E-state index contributed by atoms with van der Waals surface area (Å²) in [4.78, 5) is 0. The molecule has 0 bridgehead atoms. The normalized spacial score (nSPS) is 15.1. The number of likely N-dealkylation sites (N-methyl/N-ethyl adjacent to an activating group) is 1. The van der Waals surface area contributed by atoms with Crippen molar-refractivity contribution >= 4 is 0 Å². The second-order valence-electron chi connectivity index (χ2n) is 5.73. The average Bonchev–Trinajstić information content (AvgIpc) is 2.47. The molecule has 0 spiro atoms. The molecule has 0 aliphatic carbocycles. The summed E-state index contributed by atoms with van der Waals surface area (Å²) in [6.45, 7) is 7.32. The molecule has 2 unspecified atom stereocenters. The highest BCUT2D eigenvalue weighted by atomic mass is 16.5. The molecule has 114 valence electrons. The number of rotatable bonds is 9. The van der Waals surface area contributed by atoms with Crippen molar-refractivity contribution in [1.82, 2.24) is 5.32 Å². The van der Waals surface area contributed by atoms with Gasteiger partial charge in [0.2, 0.25) is 0 Å². The first-order valence-electron chi connectivity index (χ1n) is 7.40. The van der Waals surface area contributed by atoms with Crippen molar-refractivity contribution in [3.8, 4) is 0 Å². The third-order valence-corrected chi connectivity index (χ3v) is 3.82. The number of methoxy groups -OCH3 is 2. The molecule has 0 heterocycles. The molecule has 3 nitrogen and oxygen atoms in total. The summed E-state index contributed by atoms with van der Waals surface area (Å²) >= 11 is 0. The van der Waals surface area contributed by atoms with Crippen LogP contribution in [0, 0.1) is 0 Å². The fourth-order valence-corrected chi connectivity index (χ4v) is 2.40. The fourth-order valence-electron chi connectivity index (χ4n) is 2.40. The number of nitrogens with one attached hydrogen (secondary N) is 1. The molecule has 0 fully saturated rings. The number of hydrogen-bond acceptors (Lipinski definition) is 3. The third kappa shape index (κ3) is 5.23. The zero-order valence-electron chi connectivity index (χ0n) is 13.5. The van der Waals surface area contributed by atoms with E-state index in [0.29, 0.717) is 6.04 Å². The molecule has 1 N–H and O–H groups in total. The van der Waals surface area contributed by atoms with Gasteiger partial charge in [-0.3, -0.25) is 0 Å². The van der Waals surface area contributed by atoms with Gasteiger partial charge in [0.05, 0.1) is 11.7 Å². The van der Waals surface area contributed by atoms with Crippen molar-refractivity contribution in [2.75, 3.05) is 20.8 Å². The Kier molecular flexibility index (Phi) is 7.20. The Bertz CT molecular complexity index is 365. The maximum absolute atomic E-state index is 5.75. The Morgan fingerprint density at radius 1 is 1.15 bits per heavy atom. The monoisotopic (exact) mass is 279 g/mol. The van der Waals surface area contributed by atoms with Crippen molar-refractivity contribution in [3.63, 3.8) is 0 Å². The van der Waals surface area contributed by atoms with Crippen molar-refractivity contribution in [2.45, 2.75) is 51.4 Å². The van der Waals surface area contributed by atoms with Crippen LogP contribution < -0.4 is 5.32 Å². The molecular formula is C17H29NO2. The van der Waals surface area contributed by atoms with E-state index in [-0.39, 0.29) is 11.7 Å². The molecular weight excluding hydrogens is 250 g/mol. The number of benzene rings is 1. The molecule has 2 atom stereocenters. The van der Waals surface area contributed by atoms with E-state index in [1.807, 2.05) is 6.07 Å². The summed E-state index contributed by atoms with van der Waals surface area (Å²) in [6, 6.07) is 10.7. The fraction of sp³-hybridized carbons (Fsp3) is 0.647. The highest BCUT2D eigenvalue weighted by molar-refractivity contribution is 5.19. The molecule has 0 amide bonds. The van der Waals surface area contributed by atoms with Crippen LogP contribution in [0.2, 0.25) is 0 Å². The zero-order valence-corrected chi connectivity index (χ0v) is 13.5. The van der Waals surface area contributed by atoms with E-state index in [4.69, 9.17) is 9.47 Å². The van der Waals surface area contributed by atoms with Gasteiger partial charge >= 0.3 is 0 Å². The Labute approximate surface area is 123 Å². The minimum atomic E-state index is -0.0946. The maximum atomic E-state index is 5.75. The van der Waals surface area contributed by atoms with Crippen molar-refractivity contribution < 1.29 is 9.47 Å². The average molecular weight is 279 g/mol. The van der Waals surface area contributed by atoms with Gasteiger partial charge in [-0.25, -0.2) is 0 Å². The van der Waals surface area contributed by atoms with Gasteiger partial charge in [0, 0.05) is 20.3 Å². The molecule has 20 heavy (non-hydrogen) atoms. The molecule has 0 saturated carbocycles. The highest BCUT2D eigenvalue weighted by Gasteiger charge is 2.25. The maximum Gasteiger partial charge on any atom is 0.0974 e. The van der Waals surface area contributed by atoms with E-state index in [2.05, 4.69) is 50.4 Å². The van der Waals surface area contributed by atoms with Crippen LogP contribution in [0.5, 0.6) is 0 Å². The van der Waals surface area contributed by atoms with Gasteiger partial charge in [0.15, 0.2) is 0 Å². The molecule has 0 aromatic heterocycles. The van der Waals surface area contributed by atoms with E-state index in [0.717, 1.165) is 19.4 Å². The minimum absolute atomic E-state index is 0.0730. The Hall–Kier alpha value is -0.900. The van der Waals surface area contributed by atoms with Crippen LogP contribution in [0.4, 0.5) is 0 Å². The van der Waals surface area contributed by atoms with Crippen LogP contribution in [0.15, 0.2) is 30.3 Å². The Morgan fingerprint density at radius 2 is 1.80 bits per heavy atom. The first-order valence-corrected chi connectivity index (χ1v) is 7.40. The minimum Gasteiger partial charge on any atom is -0.379 e. The van der Waals surface area contributed by atoms with Crippen molar-refractivity contribution in [2.24, 2.45) is 0 Å². The highest BCUT2D eigenvalue weighted by Crippen LogP contribution is 2.26. The van der Waals surface area contributed by atoms with E-state index < -0.39 is 0 Å². The van der Waals surface area contributed by atoms with Crippen molar-refractivity contribution in [3.05, 3.63) is 35.9 Å². The van der Waals surface area contributed by atoms with Crippen LogP contribution in [-0.2, 0) is 9.47 Å². The number of ether oxygens (including phenoxy) is 2. The predicted molar refractivity (Wildman–Crippen MR) is 84.0 cm³/mol. The van der Waals surface area contributed by atoms with Crippen molar-refractivity contribution in [1.29, 1.82) is 0 Å². The predicted octanol–water partition coefficient (Wildman–Crippen LogP) is 3.56. The van der Waals surface area contributed by atoms with Gasteiger partial charge in [-0.1, -0.05) is 37.3 Å². The summed E-state index contributed by atoms with van der Waals surface area (Å²) in [6.07, 6.45) is 2.08. The van der Waals surface area contributed by atoms with E-state index in [1.165, 1.54) is 5.56 Å². The van der Waals surface area contributed by atoms with Gasteiger partial charge in [-0.05, 0) is 38.8 Å². The first kappa shape index (κ1) is 17.2. The lowest BCUT2D eigenvalue weighted by molar-refractivity contribution is 0.00198. The molecule has 0 aliphatic rings. The molecule has 0 radical (unpaired) electrons. The Morgan fingerprint density at radius 3 is 2.30 bits per heavy atom. The SMILES string of the molecule is CCNC(CCC(C)(C)OC)C(OC)c1ccccc1. The largest absolute Gasteiger partial charge is 0.379 e. The van der Waals surface area contributed by atoms with E-state index >= 15 is 0 Å². The van der Waals surface area contributed by atoms with Crippen LogP contribution in [-0.4, -0.2) is 32.4 Å². The summed E-state index contributed by atoms with van der Waals surface area (Å²) < 4.78 is 11.3. The smallest absolute Gasteiger partial charge is 0.0974 e. The summed E-state index contributed by atoms with van der Waals surface area (Å²) in [5, 5.41) is 3.55. The summed E-state index contributed by atoms with van der Waals surface area (Å²) in [7, 11) is 3.55. The summed E-state index contributed by atoms with van der Waals surface area (Å²) in [5.41, 5.74) is 1.12. The van der Waals surface area contributed by atoms with E-state index in [9.17, 15) is 0 Å². The van der Waals surface area contributed by atoms with Gasteiger partial charge in [0.1, 0.15) is 0 Å². The quantitative estimate of drug-likeness (QED) is 0.750. The lowest BCUT2D eigenvalue weighted by atomic mass is 9.93. The molecule has 0 saturated heterocycles. The standard InChI is InChI=1S/C17H29NO2/c1-6-18-15(12-13-17(2,3)20-5)16(19-4)14-10-8-7-9-11-14/h7-11,15-16,18H,6,12-13H2,1-5H3. The van der Waals surface area contributed by atoms with Gasteiger partial charge in [-0.2, -0.15) is 0 Å². The van der Waals surface area contributed by atoms with Crippen LogP contribution in [0.3, 0.4) is 0 Å².